The molecule has 1 aliphatic carbocycles. The molecular formula is C17H28Cl2FN3O. The molecule has 1 saturated carbocycles. The maximum absolute atomic E-state index is 13.0. The number of hydrogen-bond acceptors (Lipinski definition) is 3. The zero-order valence-electron chi connectivity index (χ0n) is 14.2. The van der Waals surface area contributed by atoms with Gasteiger partial charge >= 0.3 is 0 Å². The predicted molar refractivity (Wildman–Crippen MR) is 100 cm³/mol. The predicted octanol–water partition coefficient (Wildman–Crippen LogP) is 2.91. The van der Waals surface area contributed by atoms with Gasteiger partial charge in [0.05, 0.1) is 6.04 Å². The molecule has 0 saturated heterocycles. The van der Waals surface area contributed by atoms with Crippen LogP contribution in [0.15, 0.2) is 24.3 Å². The highest BCUT2D eigenvalue weighted by Crippen LogP contribution is 2.24. The zero-order chi connectivity index (χ0) is 16.1. The molecule has 3 unspecified atom stereocenters. The normalized spacial score (nSPS) is 21.4. The minimum absolute atomic E-state index is 0. The summed E-state index contributed by atoms with van der Waals surface area (Å²) in [6.45, 7) is 0.517. The second-order valence-electron chi connectivity index (χ2n) is 6.40. The van der Waals surface area contributed by atoms with Gasteiger partial charge in [-0.15, -0.1) is 24.8 Å². The standard InChI is InChI=1S/C17H26FN3O.2ClH/c1-21(2)16(12-6-8-14(18)9-7-12)11-20-17(22)13-4-3-5-15(19)10-13;;/h6-9,13,15-16H,3-5,10-11,19H2,1-2H3,(H,20,22);2*1H. The van der Waals surface area contributed by atoms with Crippen molar-refractivity contribution in [2.24, 2.45) is 11.7 Å². The fraction of sp³-hybridized carbons (Fsp3) is 0.588. The Hall–Kier alpha value is -0.880. The molecule has 138 valence electrons. The topological polar surface area (TPSA) is 58.4 Å². The summed E-state index contributed by atoms with van der Waals surface area (Å²) in [5.41, 5.74) is 6.94. The molecule has 0 radical (unpaired) electrons. The highest BCUT2D eigenvalue weighted by atomic mass is 35.5. The number of halogens is 3. The first-order valence-electron chi connectivity index (χ1n) is 7.92. The molecule has 2 rings (SSSR count). The van der Waals surface area contributed by atoms with Crippen molar-refractivity contribution in [3.05, 3.63) is 35.6 Å². The summed E-state index contributed by atoms with van der Waals surface area (Å²) in [5, 5.41) is 3.04. The maximum atomic E-state index is 13.0. The first-order chi connectivity index (χ1) is 10.5. The van der Waals surface area contributed by atoms with Gasteiger partial charge in [0.2, 0.25) is 5.91 Å². The third-order valence-electron chi connectivity index (χ3n) is 4.43. The van der Waals surface area contributed by atoms with Gasteiger partial charge in [0.25, 0.3) is 0 Å². The first kappa shape index (κ1) is 23.1. The van der Waals surface area contributed by atoms with Gasteiger partial charge < -0.3 is 16.0 Å². The van der Waals surface area contributed by atoms with Crippen molar-refractivity contribution in [1.82, 2.24) is 10.2 Å². The largest absolute Gasteiger partial charge is 0.354 e. The number of nitrogens with two attached hydrogens (primary N) is 1. The van der Waals surface area contributed by atoms with E-state index in [0.717, 1.165) is 31.2 Å². The van der Waals surface area contributed by atoms with E-state index in [9.17, 15) is 9.18 Å². The molecular weight excluding hydrogens is 352 g/mol. The summed E-state index contributed by atoms with van der Waals surface area (Å²) >= 11 is 0. The van der Waals surface area contributed by atoms with E-state index in [1.165, 1.54) is 12.1 Å². The molecule has 1 amide bonds. The number of carbonyl (C=O) groups is 1. The van der Waals surface area contributed by atoms with E-state index in [2.05, 4.69) is 5.32 Å². The average molecular weight is 380 g/mol. The van der Waals surface area contributed by atoms with Gasteiger partial charge in [0.15, 0.2) is 0 Å². The summed E-state index contributed by atoms with van der Waals surface area (Å²) < 4.78 is 13.0. The van der Waals surface area contributed by atoms with E-state index in [0.29, 0.717) is 6.54 Å². The van der Waals surface area contributed by atoms with Crippen molar-refractivity contribution in [2.45, 2.75) is 37.8 Å². The molecule has 7 heteroatoms. The first-order valence-corrected chi connectivity index (χ1v) is 7.92. The Bertz CT molecular complexity index is 499. The summed E-state index contributed by atoms with van der Waals surface area (Å²) in [5.74, 6) is -0.134. The Balaban J connectivity index is 0.00000264. The van der Waals surface area contributed by atoms with E-state index in [1.54, 1.807) is 12.1 Å². The highest BCUT2D eigenvalue weighted by molar-refractivity contribution is 5.85. The molecule has 0 aromatic heterocycles. The Morgan fingerprint density at radius 2 is 1.92 bits per heavy atom. The maximum Gasteiger partial charge on any atom is 0.223 e. The minimum atomic E-state index is -0.249. The lowest BCUT2D eigenvalue weighted by atomic mass is 9.85. The fourth-order valence-electron chi connectivity index (χ4n) is 3.09. The molecule has 24 heavy (non-hydrogen) atoms. The van der Waals surface area contributed by atoms with Crippen LogP contribution in [0.1, 0.15) is 37.3 Å². The molecule has 3 atom stereocenters. The molecule has 4 nitrogen and oxygen atoms in total. The van der Waals surface area contributed by atoms with Crippen LogP contribution in [-0.4, -0.2) is 37.5 Å². The van der Waals surface area contributed by atoms with Crippen LogP contribution in [0.4, 0.5) is 4.39 Å². The fourth-order valence-corrected chi connectivity index (χ4v) is 3.09. The zero-order valence-corrected chi connectivity index (χ0v) is 15.8. The SMILES string of the molecule is CN(C)C(CNC(=O)C1CCCC(N)C1)c1ccc(F)cc1.Cl.Cl. The Morgan fingerprint density at radius 3 is 2.46 bits per heavy atom. The number of hydrogen-bond donors (Lipinski definition) is 2. The molecule has 1 aromatic carbocycles. The van der Waals surface area contributed by atoms with Crippen LogP contribution in [0.3, 0.4) is 0 Å². The van der Waals surface area contributed by atoms with Gasteiger partial charge in [0, 0.05) is 18.5 Å². The average Bonchev–Trinajstić information content (AvgIpc) is 2.48. The molecule has 1 fully saturated rings. The lowest BCUT2D eigenvalue weighted by Gasteiger charge is -2.28. The lowest BCUT2D eigenvalue weighted by molar-refractivity contribution is -0.126. The molecule has 0 spiro atoms. The number of amides is 1. The van der Waals surface area contributed by atoms with Crippen molar-refractivity contribution in [3.8, 4) is 0 Å². The van der Waals surface area contributed by atoms with Crippen LogP contribution in [0.2, 0.25) is 0 Å². The van der Waals surface area contributed by atoms with Gasteiger partial charge in [-0.05, 0) is 51.1 Å². The van der Waals surface area contributed by atoms with Gasteiger partial charge in [-0.25, -0.2) is 4.39 Å². The monoisotopic (exact) mass is 379 g/mol. The van der Waals surface area contributed by atoms with Crippen LogP contribution >= 0.6 is 24.8 Å². The highest BCUT2D eigenvalue weighted by Gasteiger charge is 2.26. The third-order valence-corrected chi connectivity index (χ3v) is 4.43. The number of likely N-dealkylation sites (N-methyl/N-ethyl adjacent to an activating group) is 1. The van der Waals surface area contributed by atoms with Gasteiger partial charge in [0.1, 0.15) is 5.82 Å². The van der Waals surface area contributed by atoms with Crippen LogP contribution in [0.5, 0.6) is 0 Å². The van der Waals surface area contributed by atoms with Crippen LogP contribution in [0.25, 0.3) is 0 Å². The number of benzene rings is 1. The number of carbonyl (C=O) groups excluding carboxylic acids is 1. The van der Waals surface area contributed by atoms with E-state index >= 15 is 0 Å². The van der Waals surface area contributed by atoms with Crippen molar-refractivity contribution in [3.63, 3.8) is 0 Å². The number of nitrogens with zero attached hydrogens (tertiary/aromatic N) is 1. The van der Waals surface area contributed by atoms with Gasteiger partial charge in [-0.1, -0.05) is 18.6 Å². The Labute approximate surface area is 156 Å². The molecule has 0 bridgehead atoms. The van der Waals surface area contributed by atoms with Crippen molar-refractivity contribution >= 4 is 30.7 Å². The van der Waals surface area contributed by atoms with E-state index < -0.39 is 0 Å². The van der Waals surface area contributed by atoms with Crippen LogP contribution in [-0.2, 0) is 4.79 Å². The number of rotatable bonds is 5. The summed E-state index contributed by atoms with van der Waals surface area (Å²) in [7, 11) is 3.91. The second kappa shape index (κ2) is 10.9. The van der Waals surface area contributed by atoms with Crippen molar-refractivity contribution in [2.75, 3.05) is 20.6 Å². The van der Waals surface area contributed by atoms with E-state index in [4.69, 9.17) is 5.73 Å². The number of nitrogens with one attached hydrogen (secondary N) is 1. The second-order valence-corrected chi connectivity index (χ2v) is 6.40. The van der Waals surface area contributed by atoms with Crippen LogP contribution < -0.4 is 11.1 Å². The Kier molecular flexibility index (Phi) is 10.5. The Morgan fingerprint density at radius 1 is 1.29 bits per heavy atom. The van der Waals surface area contributed by atoms with Gasteiger partial charge in [-0.3, -0.25) is 4.79 Å². The van der Waals surface area contributed by atoms with E-state index in [-0.39, 0.29) is 54.5 Å². The smallest absolute Gasteiger partial charge is 0.223 e. The van der Waals surface area contributed by atoms with Crippen LogP contribution in [0, 0.1) is 11.7 Å². The summed E-state index contributed by atoms with van der Waals surface area (Å²) in [6, 6.07) is 6.61. The summed E-state index contributed by atoms with van der Waals surface area (Å²) in [4.78, 5) is 14.3. The third kappa shape index (κ3) is 6.55. The summed E-state index contributed by atoms with van der Waals surface area (Å²) in [6.07, 6.45) is 3.73. The molecule has 0 aliphatic heterocycles. The lowest BCUT2D eigenvalue weighted by Crippen LogP contribution is -2.41. The quantitative estimate of drug-likeness (QED) is 0.826. The minimum Gasteiger partial charge on any atom is -0.354 e. The van der Waals surface area contributed by atoms with E-state index in [1.807, 2.05) is 19.0 Å². The van der Waals surface area contributed by atoms with Gasteiger partial charge in [-0.2, -0.15) is 0 Å². The molecule has 3 N–H and O–H groups in total. The molecule has 1 aliphatic rings. The molecule has 0 heterocycles. The van der Waals surface area contributed by atoms with Crippen molar-refractivity contribution in [1.29, 1.82) is 0 Å². The van der Waals surface area contributed by atoms with Crippen molar-refractivity contribution < 1.29 is 9.18 Å². The molecule has 1 aromatic rings.